The van der Waals surface area contributed by atoms with E-state index in [2.05, 4.69) is 27.6 Å². The normalized spacial score (nSPS) is 13.4. The Morgan fingerprint density at radius 2 is 1.89 bits per heavy atom. The summed E-state index contributed by atoms with van der Waals surface area (Å²) in [5, 5.41) is 0. The molecule has 108 valence electrons. The average molecular weight is 348 g/mol. The lowest BCUT2D eigenvalue weighted by molar-refractivity contribution is 0.521. The maximum absolute atomic E-state index is 12.2. The standard InChI is InChI=1S/C14H22BrNO2S/c1-3-4-5-6-9-12(2)16-19(17,18)14-11-8-7-10-13(14)15/h7-8,10-12,16H,3-6,9H2,1-2H3. The second-order valence-corrected chi connectivity index (χ2v) is 7.34. The van der Waals surface area contributed by atoms with E-state index in [1.807, 2.05) is 6.92 Å². The van der Waals surface area contributed by atoms with E-state index in [1.165, 1.54) is 12.8 Å². The summed E-state index contributed by atoms with van der Waals surface area (Å²) in [6.07, 6.45) is 5.51. The molecule has 19 heavy (non-hydrogen) atoms. The quantitative estimate of drug-likeness (QED) is 0.720. The van der Waals surface area contributed by atoms with Crippen molar-refractivity contribution in [3.05, 3.63) is 28.7 Å². The zero-order valence-electron chi connectivity index (χ0n) is 11.5. The lowest BCUT2D eigenvalue weighted by Gasteiger charge is -2.14. The van der Waals surface area contributed by atoms with Crippen molar-refractivity contribution in [2.24, 2.45) is 0 Å². The number of halogens is 1. The Morgan fingerprint density at radius 3 is 2.53 bits per heavy atom. The van der Waals surface area contributed by atoms with E-state index in [9.17, 15) is 8.42 Å². The van der Waals surface area contributed by atoms with Crippen LogP contribution in [0.25, 0.3) is 0 Å². The van der Waals surface area contributed by atoms with E-state index in [0.717, 1.165) is 19.3 Å². The first-order valence-electron chi connectivity index (χ1n) is 6.74. The molecule has 0 spiro atoms. The van der Waals surface area contributed by atoms with Crippen molar-refractivity contribution in [2.45, 2.75) is 56.9 Å². The van der Waals surface area contributed by atoms with Crippen molar-refractivity contribution in [1.82, 2.24) is 4.72 Å². The van der Waals surface area contributed by atoms with Crippen molar-refractivity contribution >= 4 is 26.0 Å². The van der Waals surface area contributed by atoms with Crippen LogP contribution in [0.2, 0.25) is 0 Å². The molecular weight excluding hydrogens is 326 g/mol. The molecule has 1 N–H and O–H groups in total. The van der Waals surface area contributed by atoms with Crippen molar-refractivity contribution in [3.63, 3.8) is 0 Å². The van der Waals surface area contributed by atoms with Gasteiger partial charge in [-0.2, -0.15) is 0 Å². The van der Waals surface area contributed by atoms with Crippen LogP contribution < -0.4 is 4.72 Å². The SMILES string of the molecule is CCCCCCC(C)NS(=O)(=O)c1ccccc1Br. The molecule has 0 heterocycles. The van der Waals surface area contributed by atoms with Crippen molar-refractivity contribution in [2.75, 3.05) is 0 Å². The van der Waals surface area contributed by atoms with Gasteiger partial charge in [0.25, 0.3) is 0 Å². The molecule has 0 aliphatic heterocycles. The fourth-order valence-corrected chi connectivity index (χ4v) is 4.21. The smallest absolute Gasteiger partial charge is 0.208 e. The molecular formula is C14H22BrNO2S. The Morgan fingerprint density at radius 1 is 1.21 bits per heavy atom. The van der Waals surface area contributed by atoms with Crippen LogP contribution in [0.3, 0.4) is 0 Å². The first-order valence-corrected chi connectivity index (χ1v) is 9.02. The van der Waals surface area contributed by atoms with Crippen LogP contribution in [0.1, 0.15) is 46.0 Å². The van der Waals surface area contributed by atoms with Gasteiger partial charge in [0.05, 0.1) is 4.90 Å². The number of nitrogens with one attached hydrogen (secondary N) is 1. The molecule has 0 saturated heterocycles. The van der Waals surface area contributed by atoms with Gasteiger partial charge in [0, 0.05) is 10.5 Å². The monoisotopic (exact) mass is 347 g/mol. The van der Waals surface area contributed by atoms with Gasteiger partial charge in [0.15, 0.2) is 0 Å². The van der Waals surface area contributed by atoms with Crippen LogP contribution in [-0.4, -0.2) is 14.5 Å². The Labute approximate surface area is 125 Å². The van der Waals surface area contributed by atoms with E-state index in [4.69, 9.17) is 0 Å². The van der Waals surface area contributed by atoms with Gasteiger partial charge in [0.2, 0.25) is 10.0 Å². The molecule has 1 atom stereocenters. The molecule has 1 unspecified atom stereocenters. The minimum absolute atomic E-state index is 0.0334. The Kier molecular flexibility index (Phi) is 7.04. The molecule has 0 aliphatic carbocycles. The molecule has 5 heteroatoms. The van der Waals surface area contributed by atoms with Gasteiger partial charge in [-0.05, 0) is 41.4 Å². The number of hydrogen-bond donors (Lipinski definition) is 1. The van der Waals surface area contributed by atoms with Crippen molar-refractivity contribution in [3.8, 4) is 0 Å². The van der Waals surface area contributed by atoms with Gasteiger partial charge in [0.1, 0.15) is 0 Å². The molecule has 0 fully saturated rings. The molecule has 1 aromatic carbocycles. The Hall–Kier alpha value is -0.390. The third kappa shape index (κ3) is 5.63. The lowest BCUT2D eigenvalue weighted by atomic mass is 10.1. The summed E-state index contributed by atoms with van der Waals surface area (Å²) in [7, 11) is -3.43. The van der Waals surface area contributed by atoms with E-state index in [0.29, 0.717) is 9.37 Å². The second-order valence-electron chi connectivity index (χ2n) is 4.80. The highest BCUT2D eigenvalue weighted by Gasteiger charge is 2.19. The summed E-state index contributed by atoms with van der Waals surface area (Å²) in [6, 6.07) is 6.84. The van der Waals surface area contributed by atoms with Crippen LogP contribution in [-0.2, 0) is 10.0 Å². The van der Waals surface area contributed by atoms with Crippen LogP contribution in [0.5, 0.6) is 0 Å². The van der Waals surface area contributed by atoms with Crippen LogP contribution in [0.4, 0.5) is 0 Å². The largest absolute Gasteiger partial charge is 0.241 e. The topological polar surface area (TPSA) is 46.2 Å². The molecule has 0 aliphatic rings. The minimum atomic E-state index is -3.43. The van der Waals surface area contributed by atoms with Crippen LogP contribution in [0.15, 0.2) is 33.6 Å². The molecule has 1 aromatic rings. The van der Waals surface area contributed by atoms with Crippen LogP contribution in [0, 0.1) is 0 Å². The lowest BCUT2D eigenvalue weighted by Crippen LogP contribution is -2.32. The van der Waals surface area contributed by atoms with Gasteiger partial charge < -0.3 is 0 Å². The molecule has 1 rings (SSSR count). The number of rotatable bonds is 8. The number of hydrogen-bond acceptors (Lipinski definition) is 2. The van der Waals surface area contributed by atoms with E-state index in [1.54, 1.807) is 24.3 Å². The third-order valence-corrected chi connectivity index (χ3v) is 5.57. The van der Waals surface area contributed by atoms with Gasteiger partial charge in [-0.25, -0.2) is 13.1 Å². The molecule has 0 radical (unpaired) electrons. The molecule has 0 bridgehead atoms. The third-order valence-electron chi connectivity index (χ3n) is 2.97. The summed E-state index contributed by atoms with van der Waals surface area (Å²) in [4.78, 5) is 0.301. The average Bonchev–Trinajstić information content (AvgIpc) is 2.34. The number of sulfonamides is 1. The second kappa shape index (κ2) is 8.02. The number of benzene rings is 1. The highest BCUT2D eigenvalue weighted by atomic mass is 79.9. The van der Waals surface area contributed by atoms with E-state index < -0.39 is 10.0 Å². The summed E-state index contributed by atoms with van der Waals surface area (Å²) in [6.45, 7) is 4.08. The van der Waals surface area contributed by atoms with E-state index in [-0.39, 0.29) is 6.04 Å². The highest BCUT2D eigenvalue weighted by molar-refractivity contribution is 9.10. The molecule has 0 aromatic heterocycles. The number of unbranched alkanes of at least 4 members (excludes halogenated alkanes) is 3. The highest BCUT2D eigenvalue weighted by Crippen LogP contribution is 2.21. The van der Waals surface area contributed by atoms with Gasteiger partial charge in [-0.1, -0.05) is 44.7 Å². The summed E-state index contributed by atoms with van der Waals surface area (Å²) in [5.74, 6) is 0. The molecule has 3 nitrogen and oxygen atoms in total. The Bertz CT molecular complexity index is 488. The van der Waals surface area contributed by atoms with Crippen LogP contribution >= 0.6 is 15.9 Å². The van der Waals surface area contributed by atoms with Gasteiger partial charge in [-0.3, -0.25) is 0 Å². The predicted molar refractivity (Wildman–Crippen MR) is 82.7 cm³/mol. The molecule has 0 amide bonds. The fourth-order valence-electron chi connectivity index (χ4n) is 1.93. The van der Waals surface area contributed by atoms with Crippen molar-refractivity contribution < 1.29 is 8.42 Å². The minimum Gasteiger partial charge on any atom is -0.208 e. The predicted octanol–water partition coefficient (Wildman–Crippen LogP) is 4.09. The van der Waals surface area contributed by atoms with Gasteiger partial charge >= 0.3 is 0 Å². The first-order chi connectivity index (χ1) is 8.97. The first kappa shape index (κ1) is 16.7. The molecule has 0 saturated carbocycles. The fraction of sp³-hybridized carbons (Fsp3) is 0.571. The Balaban J connectivity index is 2.58. The summed E-state index contributed by atoms with van der Waals surface area (Å²) < 4.78 is 27.8. The summed E-state index contributed by atoms with van der Waals surface area (Å²) >= 11 is 3.28. The summed E-state index contributed by atoms with van der Waals surface area (Å²) in [5.41, 5.74) is 0. The van der Waals surface area contributed by atoms with Gasteiger partial charge in [-0.15, -0.1) is 0 Å². The zero-order chi connectivity index (χ0) is 14.3. The maximum atomic E-state index is 12.2. The van der Waals surface area contributed by atoms with E-state index >= 15 is 0 Å². The zero-order valence-corrected chi connectivity index (χ0v) is 13.9. The van der Waals surface area contributed by atoms with Crippen molar-refractivity contribution in [1.29, 1.82) is 0 Å². The maximum Gasteiger partial charge on any atom is 0.241 e.